The van der Waals surface area contributed by atoms with Gasteiger partial charge in [0.25, 0.3) is 6.43 Å². The summed E-state index contributed by atoms with van der Waals surface area (Å²) >= 11 is 0. The summed E-state index contributed by atoms with van der Waals surface area (Å²) in [5, 5.41) is 7.45. The summed E-state index contributed by atoms with van der Waals surface area (Å²) in [6, 6.07) is 0. The lowest BCUT2D eigenvalue weighted by molar-refractivity contribution is -0.117. The van der Waals surface area contributed by atoms with Crippen LogP contribution < -0.4 is 5.73 Å². The van der Waals surface area contributed by atoms with Gasteiger partial charge in [-0.3, -0.25) is 4.79 Å². The van der Waals surface area contributed by atoms with E-state index in [0.29, 0.717) is 31.0 Å². The van der Waals surface area contributed by atoms with Gasteiger partial charge < -0.3 is 10.5 Å². The van der Waals surface area contributed by atoms with E-state index in [1.807, 2.05) is 0 Å². The number of primary amides is 1. The fraction of sp³-hybridized carbons (Fsp3) is 0.700. The molecule has 2 heterocycles. The van der Waals surface area contributed by atoms with E-state index in [9.17, 15) is 13.6 Å². The van der Waals surface area contributed by atoms with Gasteiger partial charge in [-0.15, -0.1) is 5.10 Å². The first kappa shape index (κ1) is 12.9. The molecule has 1 aliphatic rings. The molecule has 1 saturated heterocycles. The predicted molar refractivity (Wildman–Crippen MR) is 57.1 cm³/mol. The van der Waals surface area contributed by atoms with Gasteiger partial charge in [-0.2, -0.15) is 0 Å². The van der Waals surface area contributed by atoms with Crippen molar-refractivity contribution in [3.8, 4) is 0 Å². The van der Waals surface area contributed by atoms with Crippen molar-refractivity contribution in [2.75, 3.05) is 13.2 Å². The van der Waals surface area contributed by atoms with Gasteiger partial charge in [-0.1, -0.05) is 5.21 Å². The van der Waals surface area contributed by atoms with E-state index in [4.69, 9.17) is 10.5 Å². The van der Waals surface area contributed by atoms with Crippen molar-refractivity contribution >= 4 is 5.91 Å². The number of hydrogen-bond donors (Lipinski definition) is 1. The van der Waals surface area contributed by atoms with Gasteiger partial charge in [0.1, 0.15) is 6.54 Å². The zero-order valence-corrected chi connectivity index (χ0v) is 9.68. The summed E-state index contributed by atoms with van der Waals surface area (Å²) in [4.78, 5) is 10.9. The number of nitrogens with zero attached hydrogens (tertiary/aromatic N) is 3. The van der Waals surface area contributed by atoms with Gasteiger partial charge in [-0.25, -0.2) is 13.5 Å². The molecule has 1 aromatic rings. The molecule has 2 N–H and O–H groups in total. The smallest absolute Gasteiger partial charge is 0.257 e. The van der Waals surface area contributed by atoms with Crippen molar-refractivity contribution in [3.05, 3.63) is 11.4 Å². The predicted octanol–water partition coefficient (Wildman–Crippen LogP) is 0.0749. The van der Waals surface area contributed by atoms with Crippen LogP contribution in [0.4, 0.5) is 8.78 Å². The Bertz CT molecular complexity index is 430. The Balaban J connectivity index is 2.28. The first-order valence-corrected chi connectivity index (χ1v) is 5.64. The van der Waals surface area contributed by atoms with E-state index in [-0.39, 0.29) is 12.3 Å². The number of rotatable bonds is 5. The summed E-state index contributed by atoms with van der Waals surface area (Å²) < 4.78 is 31.3. The lowest BCUT2D eigenvalue weighted by Gasteiger charge is -2.12. The van der Waals surface area contributed by atoms with E-state index in [2.05, 4.69) is 10.3 Å². The minimum atomic E-state index is -2.52. The van der Waals surface area contributed by atoms with Crippen molar-refractivity contribution in [2.24, 2.45) is 5.73 Å². The number of hydrogen-bond acceptors (Lipinski definition) is 4. The molecule has 0 aromatic carbocycles. The number of amides is 1. The summed E-state index contributed by atoms with van der Waals surface area (Å²) in [5.74, 6) is -0.604. The third-order valence-electron chi connectivity index (χ3n) is 2.82. The Hall–Kier alpha value is -1.57. The van der Waals surface area contributed by atoms with Crippen LogP contribution >= 0.6 is 0 Å². The van der Waals surface area contributed by atoms with Gasteiger partial charge in [0.05, 0.1) is 24.4 Å². The molecule has 0 bridgehead atoms. The van der Waals surface area contributed by atoms with E-state index >= 15 is 0 Å². The summed E-state index contributed by atoms with van der Waals surface area (Å²) in [6.07, 6.45) is -1.90. The molecule has 1 unspecified atom stereocenters. The Labute approximate surface area is 102 Å². The highest BCUT2D eigenvalue weighted by Crippen LogP contribution is 2.27. The molecule has 1 aromatic heterocycles. The number of carbonyl (C=O) groups excluding carboxylic acids is 1. The summed E-state index contributed by atoms with van der Waals surface area (Å²) in [7, 11) is 0. The van der Waals surface area contributed by atoms with E-state index in [1.54, 1.807) is 0 Å². The topological polar surface area (TPSA) is 83.0 Å². The second-order valence-electron chi connectivity index (χ2n) is 4.20. The van der Waals surface area contributed by atoms with Crippen LogP contribution in [0.15, 0.2) is 0 Å². The molecular formula is C10H14F2N4O2. The fourth-order valence-corrected chi connectivity index (χ4v) is 2.11. The van der Waals surface area contributed by atoms with Crippen LogP contribution in [-0.4, -0.2) is 40.5 Å². The monoisotopic (exact) mass is 260 g/mol. The molecule has 8 heteroatoms. The zero-order valence-electron chi connectivity index (χ0n) is 9.68. The number of halogens is 2. The Morgan fingerprint density at radius 1 is 1.61 bits per heavy atom. The Morgan fingerprint density at radius 3 is 2.94 bits per heavy atom. The zero-order chi connectivity index (χ0) is 13.1. The first-order chi connectivity index (χ1) is 8.58. The van der Waals surface area contributed by atoms with Gasteiger partial charge in [-0.05, 0) is 6.42 Å². The van der Waals surface area contributed by atoms with Gasteiger partial charge >= 0.3 is 0 Å². The molecule has 0 aliphatic carbocycles. The lowest BCUT2D eigenvalue weighted by Crippen LogP contribution is -2.18. The van der Waals surface area contributed by atoms with E-state index in [0.717, 1.165) is 4.68 Å². The lowest BCUT2D eigenvalue weighted by atomic mass is 10.0. The van der Waals surface area contributed by atoms with Crippen LogP contribution in [0, 0.1) is 0 Å². The van der Waals surface area contributed by atoms with E-state index < -0.39 is 18.9 Å². The molecule has 6 nitrogen and oxygen atoms in total. The average molecular weight is 260 g/mol. The number of carbonyl (C=O) groups is 1. The van der Waals surface area contributed by atoms with Crippen LogP contribution in [0.2, 0.25) is 0 Å². The minimum absolute atomic E-state index is 0.0481. The quantitative estimate of drug-likeness (QED) is 0.812. The number of alkyl halides is 2. The maximum Gasteiger partial charge on any atom is 0.257 e. The summed E-state index contributed by atoms with van der Waals surface area (Å²) in [5.41, 5.74) is 6.03. The van der Waals surface area contributed by atoms with Crippen molar-refractivity contribution < 1.29 is 18.3 Å². The summed E-state index contributed by atoms with van der Waals surface area (Å²) in [6.45, 7) is 0.473. The normalized spacial score (nSPS) is 19.6. The Kier molecular flexibility index (Phi) is 3.85. The SMILES string of the molecule is NC(=O)Cc1nnn(CC(F)F)c1C1CCOC1. The van der Waals surface area contributed by atoms with Crippen LogP contribution in [0.3, 0.4) is 0 Å². The maximum absolute atomic E-state index is 12.4. The van der Waals surface area contributed by atoms with Crippen LogP contribution in [0.1, 0.15) is 23.7 Å². The third kappa shape index (κ3) is 2.81. The van der Waals surface area contributed by atoms with E-state index in [1.165, 1.54) is 0 Å². The van der Waals surface area contributed by atoms with Crippen molar-refractivity contribution in [1.82, 2.24) is 15.0 Å². The second-order valence-corrected chi connectivity index (χ2v) is 4.20. The molecule has 0 spiro atoms. The molecule has 0 saturated carbocycles. The highest BCUT2D eigenvalue weighted by atomic mass is 19.3. The molecule has 18 heavy (non-hydrogen) atoms. The highest BCUT2D eigenvalue weighted by Gasteiger charge is 2.27. The Morgan fingerprint density at radius 2 is 2.39 bits per heavy atom. The largest absolute Gasteiger partial charge is 0.381 e. The fourth-order valence-electron chi connectivity index (χ4n) is 2.11. The van der Waals surface area contributed by atoms with Gasteiger partial charge in [0, 0.05) is 12.5 Å². The number of nitrogens with two attached hydrogens (primary N) is 1. The van der Waals surface area contributed by atoms with Crippen molar-refractivity contribution in [2.45, 2.75) is 31.7 Å². The maximum atomic E-state index is 12.4. The molecule has 2 rings (SSSR count). The number of ether oxygens (including phenoxy) is 1. The molecule has 0 radical (unpaired) electrons. The molecule has 100 valence electrons. The van der Waals surface area contributed by atoms with Crippen LogP contribution in [-0.2, 0) is 22.5 Å². The molecule has 1 amide bonds. The average Bonchev–Trinajstić information content (AvgIpc) is 2.86. The van der Waals surface area contributed by atoms with Crippen LogP contribution in [0.25, 0.3) is 0 Å². The van der Waals surface area contributed by atoms with Crippen molar-refractivity contribution in [1.29, 1.82) is 0 Å². The molecular weight excluding hydrogens is 246 g/mol. The molecule has 1 aliphatic heterocycles. The van der Waals surface area contributed by atoms with Gasteiger partial charge in [0.2, 0.25) is 5.91 Å². The first-order valence-electron chi connectivity index (χ1n) is 5.64. The highest BCUT2D eigenvalue weighted by molar-refractivity contribution is 5.76. The van der Waals surface area contributed by atoms with Gasteiger partial charge in [0.15, 0.2) is 0 Å². The van der Waals surface area contributed by atoms with Crippen molar-refractivity contribution in [3.63, 3.8) is 0 Å². The second kappa shape index (κ2) is 5.38. The van der Waals surface area contributed by atoms with Crippen LogP contribution in [0.5, 0.6) is 0 Å². The minimum Gasteiger partial charge on any atom is -0.381 e. The molecule has 1 atom stereocenters. The third-order valence-corrected chi connectivity index (χ3v) is 2.82. The standard InChI is InChI=1S/C10H14F2N4O2/c11-8(12)4-16-10(6-1-2-18-5-6)7(14-15-16)3-9(13)17/h6,8H,1-5H2,(H2,13,17). The number of aromatic nitrogens is 3. The molecule has 1 fully saturated rings.